The van der Waals surface area contributed by atoms with Crippen LogP contribution in [-0.4, -0.2) is 53.2 Å². The van der Waals surface area contributed by atoms with Crippen molar-refractivity contribution in [2.45, 2.75) is 27.3 Å². The van der Waals surface area contributed by atoms with Crippen LogP contribution in [-0.2, 0) is 6.54 Å². The van der Waals surface area contributed by atoms with Crippen molar-refractivity contribution >= 4 is 33.9 Å². The fourth-order valence-corrected chi connectivity index (χ4v) is 3.93. The molecule has 0 aliphatic rings. The van der Waals surface area contributed by atoms with E-state index in [1.165, 1.54) is 0 Å². The molecule has 3 rings (SSSR count). The first-order valence-corrected chi connectivity index (χ1v) is 11.4. The van der Waals surface area contributed by atoms with Crippen LogP contribution in [0.5, 0.6) is 5.75 Å². The number of nitrogens with zero attached hydrogens (tertiary/aromatic N) is 2. The van der Waals surface area contributed by atoms with Gasteiger partial charge in [-0.3, -0.25) is 4.79 Å². The lowest BCUT2D eigenvalue weighted by Crippen LogP contribution is -2.41. The molecule has 6 nitrogen and oxygen atoms in total. The van der Waals surface area contributed by atoms with Crippen LogP contribution in [0, 0.1) is 6.92 Å². The van der Waals surface area contributed by atoms with Gasteiger partial charge in [0.25, 0.3) is 5.56 Å². The number of pyridine rings is 1. The van der Waals surface area contributed by atoms with E-state index in [2.05, 4.69) is 53.0 Å². The summed E-state index contributed by atoms with van der Waals surface area (Å²) in [5, 5.41) is 4.88. The number of likely N-dealkylation sites (N-methyl/N-ethyl adjacent to an activating group) is 1. The topological polar surface area (TPSA) is 60.6 Å². The second kappa shape index (κ2) is 11.1. The zero-order valence-corrected chi connectivity index (χ0v) is 20.1. The summed E-state index contributed by atoms with van der Waals surface area (Å²) in [5.41, 5.74) is 3.45. The van der Waals surface area contributed by atoms with Gasteiger partial charge in [-0.1, -0.05) is 26.0 Å². The molecule has 0 spiro atoms. The van der Waals surface area contributed by atoms with Crippen molar-refractivity contribution in [1.29, 1.82) is 0 Å². The number of H-pyrrole nitrogens is 1. The second-order valence-corrected chi connectivity index (χ2v) is 8.21. The molecule has 0 fully saturated rings. The molecule has 0 aliphatic carbocycles. The Morgan fingerprint density at radius 2 is 1.88 bits per heavy atom. The summed E-state index contributed by atoms with van der Waals surface area (Å²) in [7, 11) is 1.64. The van der Waals surface area contributed by atoms with Gasteiger partial charge in [-0.2, -0.15) is 0 Å². The van der Waals surface area contributed by atoms with Crippen molar-refractivity contribution in [3.8, 4) is 5.75 Å². The summed E-state index contributed by atoms with van der Waals surface area (Å²) in [6, 6.07) is 15.7. The molecule has 0 saturated heterocycles. The van der Waals surface area contributed by atoms with Crippen molar-refractivity contribution in [2.75, 3.05) is 38.6 Å². The zero-order chi connectivity index (χ0) is 23.1. The summed E-state index contributed by atoms with van der Waals surface area (Å²) in [5.74, 6) is 0.755. The lowest BCUT2D eigenvalue weighted by molar-refractivity contribution is 0.266. The molecule has 0 radical (unpaired) electrons. The van der Waals surface area contributed by atoms with E-state index in [1.54, 1.807) is 7.11 Å². The molecule has 2 aromatic carbocycles. The maximum Gasteiger partial charge on any atom is 0.253 e. The van der Waals surface area contributed by atoms with E-state index in [9.17, 15) is 4.79 Å². The molecule has 0 saturated carbocycles. The highest BCUT2D eigenvalue weighted by Gasteiger charge is 2.15. The van der Waals surface area contributed by atoms with Gasteiger partial charge in [-0.15, -0.1) is 0 Å². The summed E-state index contributed by atoms with van der Waals surface area (Å²) >= 11 is 5.77. The van der Waals surface area contributed by atoms with Gasteiger partial charge < -0.3 is 24.8 Å². The van der Waals surface area contributed by atoms with Crippen LogP contribution in [0.4, 0.5) is 5.69 Å². The van der Waals surface area contributed by atoms with Crippen LogP contribution < -0.4 is 15.6 Å². The minimum atomic E-state index is -0.103. The number of aromatic nitrogens is 1. The van der Waals surface area contributed by atoms with Crippen LogP contribution in [0.15, 0.2) is 53.3 Å². The number of ether oxygens (including phenoxy) is 1. The number of fused-ring (bicyclic) bond motifs is 1. The summed E-state index contributed by atoms with van der Waals surface area (Å²) in [4.78, 5) is 20.2. The Hall–Kier alpha value is -2.90. The quantitative estimate of drug-likeness (QED) is 0.470. The van der Waals surface area contributed by atoms with Gasteiger partial charge in [0, 0.05) is 35.2 Å². The van der Waals surface area contributed by atoms with Gasteiger partial charge in [0.2, 0.25) is 0 Å². The van der Waals surface area contributed by atoms with Gasteiger partial charge in [-0.25, -0.2) is 0 Å². The smallest absolute Gasteiger partial charge is 0.253 e. The lowest BCUT2D eigenvalue weighted by Gasteiger charge is -2.29. The van der Waals surface area contributed by atoms with E-state index in [0.29, 0.717) is 17.2 Å². The maximum absolute atomic E-state index is 12.8. The first kappa shape index (κ1) is 23.8. The van der Waals surface area contributed by atoms with Crippen LogP contribution in [0.1, 0.15) is 25.0 Å². The van der Waals surface area contributed by atoms with Crippen molar-refractivity contribution in [1.82, 2.24) is 14.8 Å². The van der Waals surface area contributed by atoms with E-state index >= 15 is 0 Å². The highest BCUT2D eigenvalue weighted by atomic mass is 32.1. The monoisotopic (exact) mass is 452 g/mol. The van der Waals surface area contributed by atoms with Gasteiger partial charge in [-0.05, 0) is 74.2 Å². The molecule has 1 aromatic heterocycles. The van der Waals surface area contributed by atoms with Crippen molar-refractivity contribution in [2.24, 2.45) is 0 Å². The fraction of sp³-hybridized carbons (Fsp3) is 0.360. The van der Waals surface area contributed by atoms with Crippen LogP contribution >= 0.6 is 12.2 Å². The van der Waals surface area contributed by atoms with Crippen LogP contribution in [0.2, 0.25) is 0 Å². The number of hydrogen-bond acceptors (Lipinski definition) is 4. The highest BCUT2D eigenvalue weighted by Crippen LogP contribution is 2.19. The third-order valence-electron chi connectivity index (χ3n) is 5.63. The number of hydrogen-bond donors (Lipinski definition) is 2. The van der Waals surface area contributed by atoms with Gasteiger partial charge in [0.05, 0.1) is 13.7 Å². The molecule has 170 valence electrons. The Balaban J connectivity index is 1.87. The standard InChI is InChI=1S/C25H32N4O2S/c1-5-28(6-2)12-13-29(25(32)26-21-9-7-8-18(3)14-21)17-20-15-19-16-22(31-4)10-11-23(19)27-24(20)30/h7-11,14-16H,5-6,12-13,17H2,1-4H3,(H,26,32)(H,27,30). The SMILES string of the molecule is CCN(CC)CCN(Cc1cc2cc(OC)ccc2[nH]c1=O)C(=S)Nc1cccc(C)c1. The van der Waals surface area contributed by atoms with E-state index < -0.39 is 0 Å². The average molecular weight is 453 g/mol. The number of methoxy groups -OCH3 is 1. The normalized spacial score (nSPS) is 11.0. The number of nitrogens with one attached hydrogen (secondary N) is 2. The van der Waals surface area contributed by atoms with E-state index in [0.717, 1.165) is 54.1 Å². The van der Waals surface area contributed by atoms with E-state index in [1.807, 2.05) is 36.4 Å². The number of aromatic amines is 1. The molecule has 0 bridgehead atoms. The van der Waals surface area contributed by atoms with E-state index in [-0.39, 0.29) is 5.56 Å². The van der Waals surface area contributed by atoms with Gasteiger partial charge >= 0.3 is 0 Å². The molecule has 7 heteroatoms. The first-order chi connectivity index (χ1) is 15.4. The molecule has 2 N–H and O–H groups in total. The predicted molar refractivity (Wildman–Crippen MR) is 137 cm³/mol. The largest absolute Gasteiger partial charge is 0.497 e. The van der Waals surface area contributed by atoms with E-state index in [4.69, 9.17) is 17.0 Å². The number of aryl methyl sites for hydroxylation is 1. The van der Waals surface area contributed by atoms with Crippen LogP contribution in [0.3, 0.4) is 0 Å². The number of thiocarbonyl (C=S) groups is 1. The maximum atomic E-state index is 12.8. The molecule has 0 amide bonds. The molecule has 32 heavy (non-hydrogen) atoms. The molecule has 3 aromatic rings. The van der Waals surface area contributed by atoms with Crippen molar-refractivity contribution in [3.63, 3.8) is 0 Å². The number of benzene rings is 2. The molecule has 0 unspecified atom stereocenters. The Labute approximate surface area is 195 Å². The number of anilines is 1. The summed E-state index contributed by atoms with van der Waals surface area (Å²) < 4.78 is 5.34. The van der Waals surface area contributed by atoms with Gasteiger partial charge in [0.15, 0.2) is 5.11 Å². The Bertz CT molecular complexity index is 1120. The molecule has 0 atom stereocenters. The Kier molecular flexibility index (Phi) is 8.25. The zero-order valence-electron chi connectivity index (χ0n) is 19.3. The lowest BCUT2D eigenvalue weighted by atomic mass is 10.1. The minimum absolute atomic E-state index is 0.103. The summed E-state index contributed by atoms with van der Waals surface area (Å²) in [6.07, 6.45) is 0. The van der Waals surface area contributed by atoms with Crippen molar-refractivity contribution in [3.05, 3.63) is 70.0 Å². The molecular weight excluding hydrogens is 420 g/mol. The predicted octanol–water partition coefficient (Wildman–Crippen LogP) is 4.39. The van der Waals surface area contributed by atoms with Crippen LogP contribution in [0.25, 0.3) is 10.9 Å². The Morgan fingerprint density at radius 3 is 2.56 bits per heavy atom. The minimum Gasteiger partial charge on any atom is -0.497 e. The third-order valence-corrected chi connectivity index (χ3v) is 5.99. The molecular formula is C25H32N4O2S. The first-order valence-electron chi connectivity index (χ1n) is 11.0. The summed E-state index contributed by atoms with van der Waals surface area (Å²) in [6.45, 7) is 10.3. The molecule has 0 aliphatic heterocycles. The van der Waals surface area contributed by atoms with Gasteiger partial charge in [0.1, 0.15) is 5.75 Å². The molecule has 1 heterocycles. The average Bonchev–Trinajstić information content (AvgIpc) is 2.78. The number of rotatable bonds is 9. The van der Waals surface area contributed by atoms with Crippen molar-refractivity contribution < 1.29 is 4.74 Å². The second-order valence-electron chi connectivity index (χ2n) is 7.82. The third kappa shape index (κ3) is 6.08. The highest BCUT2D eigenvalue weighted by molar-refractivity contribution is 7.80. The Morgan fingerprint density at radius 1 is 1.09 bits per heavy atom. The fourth-order valence-electron chi connectivity index (χ4n) is 3.66.